The summed E-state index contributed by atoms with van der Waals surface area (Å²) in [5.74, 6) is -2.69. The Hall–Kier alpha value is -3.78. The summed E-state index contributed by atoms with van der Waals surface area (Å²) in [4.78, 5) is 70.3. The first kappa shape index (κ1) is 38.2. The van der Waals surface area contributed by atoms with E-state index in [9.17, 15) is 24.0 Å². The van der Waals surface area contributed by atoms with Crippen molar-refractivity contribution in [3.63, 3.8) is 0 Å². The number of nitrogens with two attached hydrogens (primary N) is 3. The summed E-state index contributed by atoms with van der Waals surface area (Å²) in [6.45, 7) is 2.61. The van der Waals surface area contributed by atoms with E-state index in [1.807, 2.05) is 0 Å². The first-order valence-corrected chi connectivity index (χ1v) is 15.7. The maximum atomic E-state index is 13.1. The fourth-order valence-corrected chi connectivity index (χ4v) is 4.37. The number of aromatic amines is 1. The van der Waals surface area contributed by atoms with Gasteiger partial charge in [0, 0.05) is 19.0 Å². The van der Waals surface area contributed by atoms with Gasteiger partial charge in [-0.15, -0.1) is 0 Å². The molecule has 1 rings (SSSR count). The van der Waals surface area contributed by atoms with Crippen molar-refractivity contribution in [2.45, 2.75) is 109 Å². The van der Waals surface area contributed by atoms with Gasteiger partial charge in [0.1, 0.15) is 18.1 Å². The number of carbonyl (C=O) groups excluding carboxylic acids is 5. The average molecular weight is 620 g/mol. The zero-order valence-corrected chi connectivity index (χ0v) is 26.1. The van der Waals surface area contributed by atoms with Crippen molar-refractivity contribution in [2.75, 3.05) is 19.6 Å². The van der Waals surface area contributed by atoms with Crippen molar-refractivity contribution in [1.82, 2.24) is 31.2 Å². The fraction of sp³-hybridized carbons (Fsp3) is 0.667. The molecular formula is C30H53N9O5. The minimum Gasteiger partial charge on any atom is -0.368 e. The number of unbranched alkanes of at least 4 members (excludes halogenated alkanes) is 5. The highest BCUT2D eigenvalue weighted by Gasteiger charge is 2.27. The van der Waals surface area contributed by atoms with Crippen LogP contribution < -0.4 is 38.5 Å². The van der Waals surface area contributed by atoms with Gasteiger partial charge in [0.15, 0.2) is 0 Å². The minimum absolute atomic E-state index is 0.0366. The summed E-state index contributed by atoms with van der Waals surface area (Å²) >= 11 is 0. The van der Waals surface area contributed by atoms with Gasteiger partial charge in [-0.2, -0.15) is 0 Å². The Morgan fingerprint density at radius 1 is 0.818 bits per heavy atom. The monoisotopic (exact) mass is 619 g/mol. The molecule has 0 aliphatic carbocycles. The van der Waals surface area contributed by atoms with E-state index in [2.05, 4.69) is 50.3 Å². The Balaban J connectivity index is 2.75. The van der Waals surface area contributed by atoms with Crippen LogP contribution in [0, 0.1) is 0 Å². The van der Waals surface area contributed by atoms with E-state index in [-0.39, 0.29) is 18.7 Å². The lowest BCUT2D eigenvalue weighted by molar-refractivity contribution is -0.132. The van der Waals surface area contributed by atoms with Crippen LogP contribution in [0.5, 0.6) is 0 Å². The second kappa shape index (κ2) is 23.6. The SMILES string of the molecule is CCCCC=CCCCC(=O)N[C@@H](CCCCN)C(=O)NCC(=O)N[C@@H](Cc1c[nH]cn1)C(=O)N[C@@H](CCCCN)C(N)=O. The number of rotatable bonds is 25. The minimum atomic E-state index is -1.09. The Morgan fingerprint density at radius 3 is 2.05 bits per heavy atom. The van der Waals surface area contributed by atoms with Crippen LogP contribution >= 0.6 is 0 Å². The Labute approximate surface area is 260 Å². The van der Waals surface area contributed by atoms with Gasteiger partial charge >= 0.3 is 0 Å². The number of aromatic nitrogens is 2. The van der Waals surface area contributed by atoms with Gasteiger partial charge in [0.25, 0.3) is 0 Å². The molecule has 0 aromatic carbocycles. The molecule has 0 spiro atoms. The lowest BCUT2D eigenvalue weighted by Gasteiger charge is -2.22. The maximum absolute atomic E-state index is 13.1. The first-order valence-electron chi connectivity index (χ1n) is 15.7. The van der Waals surface area contributed by atoms with Crippen LogP contribution in [0.4, 0.5) is 0 Å². The number of nitrogens with one attached hydrogen (secondary N) is 5. The number of imidazole rings is 1. The summed E-state index contributed by atoms with van der Waals surface area (Å²) in [5, 5.41) is 10.5. The summed E-state index contributed by atoms with van der Waals surface area (Å²) < 4.78 is 0. The van der Waals surface area contributed by atoms with E-state index < -0.39 is 48.3 Å². The van der Waals surface area contributed by atoms with Crippen LogP contribution in [-0.2, 0) is 30.4 Å². The van der Waals surface area contributed by atoms with Crippen LogP contribution in [-0.4, -0.2) is 77.3 Å². The van der Waals surface area contributed by atoms with Crippen LogP contribution in [0.15, 0.2) is 24.7 Å². The van der Waals surface area contributed by atoms with Crippen molar-refractivity contribution in [1.29, 1.82) is 0 Å². The van der Waals surface area contributed by atoms with E-state index >= 15 is 0 Å². The normalized spacial score (nSPS) is 13.2. The molecule has 11 N–H and O–H groups in total. The maximum Gasteiger partial charge on any atom is 0.243 e. The quantitative estimate of drug-likeness (QED) is 0.0553. The standard InChI is InChI=1S/C30H53N9O5/c1-2-3-4-5-6-7-8-15-26(40)37-24(14-10-12-17-32)29(43)35-20-27(41)38-25(18-22-19-34-21-36-22)30(44)39-23(28(33)42)13-9-11-16-31/h5-6,19,21,23-25H,2-4,7-18,20,31-32H2,1H3,(H2,33,42)(H,34,36)(H,35,43)(H,37,40)(H,38,41)(H,39,44)/t23-,24-,25-/m0/s1. The van der Waals surface area contributed by atoms with Crippen molar-refractivity contribution >= 4 is 29.5 Å². The molecular weight excluding hydrogens is 566 g/mol. The number of nitrogens with zero attached hydrogens (tertiary/aromatic N) is 1. The molecule has 0 fully saturated rings. The zero-order chi connectivity index (χ0) is 32.6. The van der Waals surface area contributed by atoms with E-state index in [0.29, 0.717) is 63.7 Å². The van der Waals surface area contributed by atoms with Gasteiger partial charge in [-0.25, -0.2) is 4.98 Å². The molecule has 0 saturated heterocycles. The smallest absolute Gasteiger partial charge is 0.243 e. The van der Waals surface area contributed by atoms with E-state index in [0.717, 1.165) is 25.7 Å². The summed E-state index contributed by atoms with van der Waals surface area (Å²) in [6, 6.07) is -2.84. The average Bonchev–Trinajstić information content (AvgIpc) is 3.51. The molecule has 248 valence electrons. The molecule has 0 radical (unpaired) electrons. The molecule has 5 amide bonds. The van der Waals surface area contributed by atoms with Crippen molar-refractivity contribution in [3.05, 3.63) is 30.4 Å². The number of amides is 5. The molecule has 3 atom stereocenters. The third-order valence-corrected chi connectivity index (χ3v) is 6.91. The van der Waals surface area contributed by atoms with Crippen molar-refractivity contribution in [3.8, 4) is 0 Å². The van der Waals surface area contributed by atoms with E-state index in [1.165, 1.54) is 6.33 Å². The van der Waals surface area contributed by atoms with Crippen molar-refractivity contribution in [2.24, 2.45) is 17.2 Å². The second-order valence-electron chi connectivity index (χ2n) is 10.8. The number of carbonyl (C=O) groups is 5. The summed E-state index contributed by atoms with van der Waals surface area (Å²) in [5.41, 5.74) is 17.1. The third kappa shape index (κ3) is 17.4. The second-order valence-corrected chi connectivity index (χ2v) is 10.8. The zero-order valence-electron chi connectivity index (χ0n) is 26.1. The van der Waals surface area contributed by atoms with Gasteiger partial charge in [0.2, 0.25) is 29.5 Å². The van der Waals surface area contributed by atoms with Crippen molar-refractivity contribution < 1.29 is 24.0 Å². The van der Waals surface area contributed by atoms with E-state index in [4.69, 9.17) is 17.2 Å². The summed E-state index contributed by atoms with van der Waals surface area (Å²) in [7, 11) is 0. The molecule has 44 heavy (non-hydrogen) atoms. The van der Waals surface area contributed by atoms with Gasteiger partial charge in [-0.05, 0) is 70.9 Å². The van der Waals surface area contributed by atoms with E-state index in [1.54, 1.807) is 6.20 Å². The molecule has 0 saturated carbocycles. The molecule has 1 aromatic rings. The molecule has 14 nitrogen and oxygen atoms in total. The Bertz CT molecular complexity index is 1020. The van der Waals surface area contributed by atoms with Crippen LogP contribution in [0.2, 0.25) is 0 Å². The molecule has 0 aliphatic rings. The predicted molar refractivity (Wildman–Crippen MR) is 169 cm³/mol. The molecule has 0 aliphatic heterocycles. The Kier molecular flexibility index (Phi) is 20.6. The molecule has 1 aromatic heterocycles. The molecule has 0 unspecified atom stereocenters. The third-order valence-electron chi connectivity index (χ3n) is 6.91. The summed E-state index contributed by atoms with van der Waals surface area (Å²) in [6.07, 6.45) is 15.5. The highest BCUT2D eigenvalue weighted by molar-refractivity contribution is 5.94. The Morgan fingerprint density at radius 2 is 1.45 bits per heavy atom. The largest absolute Gasteiger partial charge is 0.368 e. The van der Waals surface area contributed by atoms with Crippen LogP contribution in [0.1, 0.15) is 89.7 Å². The predicted octanol–water partition coefficient (Wildman–Crippen LogP) is 0.183. The molecule has 1 heterocycles. The fourth-order valence-electron chi connectivity index (χ4n) is 4.37. The number of hydrogen-bond donors (Lipinski definition) is 8. The van der Waals surface area contributed by atoms with Crippen LogP contribution in [0.3, 0.4) is 0 Å². The highest BCUT2D eigenvalue weighted by atomic mass is 16.2. The molecule has 0 bridgehead atoms. The first-order chi connectivity index (χ1) is 21.2. The number of primary amides is 1. The molecule has 14 heteroatoms. The lowest BCUT2D eigenvalue weighted by atomic mass is 10.1. The van der Waals surface area contributed by atoms with Gasteiger partial charge < -0.3 is 43.5 Å². The highest BCUT2D eigenvalue weighted by Crippen LogP contribution is 2.06. The number of hydrogen-bond acceptors (Lipinski definition) is 8. The van der Waals surface area contributed by atoms with Gasteiger partial charge in [0.05, 0.1) is 18.6 Å². The number of allylic oxidation sites excluding steroid dienone is 2. The topological polar surface area (TPSA) is 240 Å². The number of H-pyrrole nitrogens is 1. The van der Waals surface area contributed by atoms with Gasteiger partial charge in [-0.3, -0.25) is 24.0 Å². The van der Waals surface area contributed by atoms with Gasteiger partial charge in [-0.1, -0.05) is 31.9 Å². The lowest BCUT2D eigenvalue weighted by Crippen LogP contribution is -2.55. The van der Waals surface area contributed by atoms with Crippen LogP contribution in [0.25, 0.3) is 0 Å².